The van der Waals surface area contributed by atoms with Gasteiger partial charge in [0.25, 0.3) is 0 Å². The van der Waals surface area contributed by atoms with Crippen LogP contribution in [0.3, 0.4) is 0 Å². The Balaban J connectivity index is 2.64. The lowest BCUT2D eigenvalue weighted by Gasteiger charge is -2.00. The number of hydrogen-bond donors (Lipinski definition) is 0. The molecule has 0 aliphatic rings. The van der Waals surface area contributed by atoms with Crippen LogP contribution < -0.4 is 0 Å². The molecule has 0 radical (unpaired) electrons. The summed E-state index contributed by atoms with van der Waals surface area (Å²) in [5.41, 5.74) is 3.63. The average Bonchev–Trinajstić information content (AvgIpc) is 2.26. The van der Waals surface area contributed by atoms with Gasteiger partial charge in [-0.2, -0.15) is 0 Å². The van der Waals surface area contributed by atoms with E-state index >= 15 is 0 Å². The fourth-order valence-electron chi connectivity index (χ4n) is 1.13. The third-order valence-electron chi connectivity index (χ3n) is 2.35. The summed E-state index contributed by atoms with van der Waals surface area (Å²) >= 11 is 0. The summed E-state index contributed by atoms with van der Waals surface area (Å²) in [6, 6.07) is 10.3. The van der Waals surface area contributed by atoms with E-state index in [-0.39, 0.29) is 0 Å². The normalized spacial score (nSPS) is 13.1. The topological polar surface area (TPSA) is 12.4 Å². The molecular weight excluding hydrogens is 170 g/mol. The summed E-state index contributed by atoms with van der Waals surface area (Å²) in [6.07, 6.45) is 2.09. The zero-order valence-electron chi connectivity index (χ0n) is 9.12. The predicted octanol–water partition coefficient (Wildman–Crippen LogP) is 3.61. The zero-order valence-corrected chi connectivity index (χ0v) is 9.12. The summed E-state index contributed by atoms with van der Waals surface area (Å²) < 4.78 is 0. The van der Waals surface area contributed by atoms with Crippen molar-refractivity contribution in [3.63, 3.8) is 0 Å². The molecule has 0 saturated heterocycles. The highest BCUT2D eigenvalue weighted by Gasteiger charge is 1.93. The number of nitrogens with zero attached hydrogens (tertiary/aromatic N) is 1. The summed E-state index contributed by atoms with van der Waals surface area (Å²) in [5.74, 6) is 0. The molecule has 0 aliphatic carbocycles. The van der Waals surface area contributed by atoms with E-state index in [0.717, 1.165) is 12.3 Å². The Morgan fingerprint density at radius 2 is 1.86 bits per heavy atom. The van der Waals surface area contributed by atoms with Crippen LogP contribution in [0.2, 0.25) is 0 Å². The molecule has 0 aliphatic heterocycles. The Morgan fingerprint density at radius 3 is 2.43 bits per heavy atom. The SMILES string of the molecule is CC=C(C)C(C)=NCc1ccccc1. The van der Waals surface area contributed by atoms with Crippen molar-refractivity contribution in [1.29, 1.82) is 0 Å². The highest BCUT2D eigenvalue weighted by Crippen LogP contribution is 2.03. The molecular formula is C13H17N. The summed E-state index contributed by atoms with van der Waals surface area (Å²) in [6.45, 7) is 6.96. The average molecular weight is 187 g/mol. The molecule has 0 N–H and O–H groups in total. The largest absolute Gasteiger partial charge is 0.285 e. The third-order valence-corrected chi connectivity index (χ3v) is 2.35. The molecule has 1 heteroatoms. The second-order valence-corrected chi connectivity index (χ2v) is 3.36. The summed E-state index contributed by atoms with van der Waals surface area (Å²) in [5, 5.41) is 0. The van der Waals surface area contributed by atoms with Gasteiger partial charge in [-0.25, -0.2) is 0 Å². The van der Waals surface area contributed by atoms with Gasteiger partial charge >= 0.3 is 0 Å². The van der Waals surface area contributed by atoms with Crippen LogP contribution in [-0.4, -0.2) is 5.71 Å². The Bertz CT molecular complexity index is 334. The lowest BCUT2D eigenvalue weighted by Crippen LogP contribution is -1.94. The minimum Gasteiger partial charge on any atom is -0.285 e. The number of benzene rings is 1. The maximum atomic E-state index is 4.51. The van der Waals surface area contributed by atoms with E-state index in [9.17, 15) is 0 Å². The number of rotatable bonds is 3. The van der Waals surface area contributed by atoms with Gasteiger partial charge in [-0.05, 0) is 31.9 Å². The van der Waals surface area contributed by atoms with Crippen molar-refractivity contribution in [3.8, 4) is 0 Å². The van der Waals surface area contributed by atoms with Gasteiger partial charge in [-0.15, -0.1) is 0 Å². The Hall–Kier alpha value is -1.37. The number of hydrogen-bond acceptors (Lipinski definition) is 1. The van der Waals surface area contributed by atoms with Crippen molar-refractivity contribution in [2.24, 2.45) is 4.99 Å². The monoisotopic (exact) mass is 187 g/mol. The van der Waals surface area contributed by atoms with Gasteiger partial charge in [0, 0.05) is 5.71 Å². The standard InChI is InChI=1S/C13H17N/c1-4-11(2)12(3)14-10-13-8-6-5-7-9-13/h4-9H,10H2,1-3H3. The first-order chi connectivity index (χ1) is 6.74. The van der Waals surface area contributed by atoms with Crippen LogP contribution >= 0.6 is 0 Å². The van der Waals surface area contributed by atoms with Crippen molar-refractivity contribution in [2.45, 2.75) is 27.3 Å². The Morgan fingerprint density at radius 1 is 1.21 bits per heavy atom. The molecule has 1 nitrogen and oxygen atoms in total. The van der Waals surface area contributed by atoms with Gasteiger partial charge in [-0.3, -0.25) is 4.99 Å². The summed E-state index contributed by atoms with van der Waals surface area (Å²) in [4.78, 5) is 4.51. The third kappa shape index (κ3) is 3.17. The molecule has 0 unspecified atom stereocenters. The van der Waals surface area contributed by atoms with Gasteiger partial charge in [0.1, 0.15) is 0 Å². The molecule has 0 aromatic heterocycles. The fraction of sp³-hybridized carbons (Fsp3) is 0.308. The molecule has 0 saturated carbocycles. The molecule has 0 atom stereocenters. The van der Waals surface area contributed by atoms with E-state index < -0.39 is 0 Å². The van der Waals surface area contributed by atoms with Gasteiger partial charge < -0.3 is 0 Å². The highest BCUT2D eigenvalue weighted by molar-refractivity contribution is 5.97. The van der Waals surface area contributed by atoms with E-state index in [1.165, 1.54) is 11.1 Å². The second kappa shape index (κ2) is 5.38. The molecule has 0 spiro atoms. The minimum absolute atomic E-state index is 0.776. The minimum atomic E-state index is 0.776. The molecule has 1 rings (SSSR count). The summed E-state index contributed by atoms with van der Waals surface area (Å²) in [7, 11) is 0. The van der Waals surface area contributed by atoms with Gasteiger partial charge in [0.2, 0.25) is 0 Å². The van der Waals surface area contributed by atoms with E-state index in [4.69, 9.17) is 0 Å². The van der Waals surface area contributed by atoms with Gasteiger partial charge in [0.05, 0.1) is 6.54 Å². The van der Waals surface area contributed by atoms with Crippen LogP contribution in [0.1, 0.15) is 26.3 Å². The lowest BCUT2D eigenvalue weighted by molar-refractivity contribution is 1.06. The predicted molar refractivity (Wildman–Crippen MR) is 62.7 cm³/mol. The molecule has 0 bridgehead atoms. The van der Waals surface area contributed by atoms with Crippen molar-refractivity contribution >= 4 is 5.71 Å². The van der Waals surface area contributed by atoms with Crippen molar-refractivity contribution in [3.05, 3.63) is 47.5 Å². The molecule has 1 aromatic rings. The van der Waals surface area contributed by atoms with E-state index in [2.05, 4.69) is 37.0 Å². The van der Waals surface area contributed by atoms with Crippen molar-refractivity contribution < 1.29 is 0 Å². The number of allylic oxidation sites excluding steroid dienone is 2. The quantitative estimate of drug-likeness (QED) is 0.641. The van der Waals surface area contributed by atoms with E-state index in [1.54, 1.807) is 0 Å². The molecule has 74 valence electrons. The first-order valence-corrected chi connectivity index (χ1v) is 4.92. The van der Waals surface area contributed by atoms with Crippen LogP contribution in [0.25, 0.3) is 0 Å². The van der Waals surface area contributed by atoms with Gasteiger partial charge in [0.15, 0.2) is 0 Å². The number of aliphatic imine (C=N–C) groups is 1. The van der Waals surface area contributed by atoms with Crippen LogP contribution in [0.4, 0.5) is 0 Å². The van der Waals surface area contributed by atoms with Crippen molar-refractivity contribution in [2.75, 3.05) is 0 Å². The second-order valence-electron chi connectivity index (χ2n) is 3.36. The zero-order chi connectivity index (χ0) is 10.4. The van der Waals surface area contributed by atoms with Crippen LogP contribution in [-0.2, 0) is 6.54 Å². The van der Waals surface area contributed by atoms with Crippen LogP contribution in [0, 0.1) is 0 Å². The molecule has 0 heterocycles. The van der Waals surface area contributed by atoms with E-state index in [0.29, 0.717) is 0 Å². The molecule has 1 aromatic carbocycles. The Labute approximate surface area is 86.2 Å². The van der Waals surface area contributed by atoms with E-state index in [1.807, 2.05) is 25.1 Å². The van der Waals surface area contributed by atoms with Crippen LogP contribution in [0.15, 0.2) is 47.0 Å². The van der Waals surface area contributed by atoms with Crippen LogP contribution in [0.5, 0.6) is 0 Å². The molecule has 0 amide bonds. The fourth-order valence-corrected chi connectivity index (χ4v) is 1.13. The maximum absolute atomic E-state index is 4.51. The first kappa shape index (κ1) is 10.7. The first-order valence-electron chi connectivity index (χ1n) is 4.92. The lowest BCUT2D eigenvalue weighted by atomic mass is 10.2. The van der Waals surface area contributed by atoms with Crippen molar-refractivity contribution in [1.82, 2.24) is 0 Å². The Kier molecular flexibility index (Phi) is 4.11. The molecule has 0 fully saturated rings. The van der Waals surface area contributed by atoms with Gasteiger partial charge in [-0.1, -0.05) is 36.4 Å². The maximum Gasteiger partial charge on any atom is 0.0643 e. The highest BCUT2D eigenvalue weighted by atomic mass is 14.7. The smallest absolute Gasteiger partial charge is 0.0643 e. The molecule has 14 heavy (non-hydrogen) atoms.